The van der Waals surface area contributed by atoms with Crippen LogP contribution < -0.4 is 0 Å². The van der Waals surface area contributed by atoms with Crippen molar-refractivity contribution in [1.29, 1.82) is 0 Å². The number of Topliss-reactive ketones (excluding diaryl/α,β-unsaturated/α-hetero) is 2. The zero-order valence-electron chi connectivity index (χ0n) is 14.4. The highest BCUT2D eigenvalue weighted by Crippen LogP contribution is 2.42. The number of hydrogen-bond donors (Lipinski definition) is 0. The van der Waals surface area contributed by atoms with Gasteiger partial charge in [-0.05, 0) is 59.7 Å². The fraction of sp³-hybridized carbons (Fsp3) is 0.273. The van der Waals surface area contributed by atoms with Gasteiger partial charge in [-0.3, -0.25) is 9.59 Å². The molecule has 1 fully saturated rings. The van der Waals surface area contributed by atoms with Crippen LogP contribution in [-0.2, 0) is 16.0 Å². The lowest BCUT2D eigenvalue weighted by molar-refractivity contribution is -0.131. The van der Waals surface area contributed by atoms with Crippen molar-refractivity contribution in [3.8, 4) is 11.1 Å². The smallest absolute Gasteiger partial charge is 0.173 e. The van der Waals surface area contributed by atoms with Gasteiger partial charge in [0.25, 0.3) is 0 Å². The summed E-state index contributed by atoms with van der Waals surface area (Å²) in [5, 5.41) is 1.13. The molecule has 1 saturated carbocycles. The zero-order chi connectivity index (χ0) is 18.4. The number of carbonyl (C=O) groups excluding carboxylic acids is 2. The highest BCUT2D eigenvalue weighted by Gasteiger charge is 2.43. The first-order chi connectivity index (χ1) is 12.5. The zero-order valence-corrected chi connectivity index (χ0v) is 15.9. The van der Waals surface area contributed by atoms with E-state index in [0.717, 1.165) is 34.2 Å². The molecule has 0 heterocycles. The Labute approximate surface area is 162 Å². The van der Waals surface area contributed by atoms with Gasteiger partial charge in [-0.1, -0.05) is 54.4 Å². The second-order valence-corrected chi connectivity index (χ2v) is 7.80. The second kappa shape index (κ2) is 6.68. The van der Waals surface area contributed by atoms with Crippen LogP contribution in [0.1, 0.15) is 36.8 Å². The van der Waals surface area contributed by atoms with Crippen molar-refractivity contribution in [2.45, 2.75) is 32.1 Å². The summed E-state index contributed by atoms with van der Waals surface area (Å²) >= 11 is 12.4. The van der Waals surface area contributed by atoms with Gasteiger partial charge in [0.15, 0.2) is 11.6 Å². The number of fused-ring (bicyclic) bond motifs is 2. The Morgan fingerprint density at radius 1 is 1.08 bits per heavy atom. The maximum absolute atomic E-state index is 12.9. The van der Waals surface area contributed by atoms with E-state index in [1.165, 1.54) is 0 Å². The van der Waals surface area contributed by atoms with Crippen molar-refractivity contribution in [3.63, 3.8) is 0 Å². The van der Waals surface area contributed by atoms with E-state index in [-0.39, 0.29) is 17.5 Å². The van der Waals surface area contributed by atoms with E-state index < -0.39 is 5.92 Å². The quantitative estimate of drug-likeness (QED) is 0.627. The minimum atomic E-state index is -0.677. The number of rotatable bonds is 3. The van der Waals surface area contributed by atoms with Gasteiger partial charge < -0.3 is 0 Å². The number of aryl methyl sites for hydroxylation is 1. The predicted molar refractivity (Wildman–Crippen MR) is 105 cm³/mol. The molecule has 2 aliphatic rings. The molecule has 0 spiro atoms. The van der Waals surface area contributed by atoms with Crippen LogP contribution in [-0.4, -0.2) is 11.6 Å². The highest BCUT2D eigenvalue weighted by molar-refractivity contribution is 6.36. The lowest BCUT2D eigenvalue weighted by Crippen LogP contribution is -2.33. The van der Waals surface area contributed by atoms with Gasteiger partial charge in [0.05, 0.1) is 0 Å². The van der Waals surface area contributed by atoms with Crippen LogP contribution in [0, 0.1) is 5.92 Å². The molecule has 2 bridgehead atoms. The fourth-order valence-electron chi connectivity index (χ4n) is 4.06. The molecule has 4 heteroatoms. The van der Waals surface area contributed by atoms with E-state index in [0.29, 0.717) is 22.9 Å². The summed E-state index contributed by atoms with van der Waals surface area (Å²) in [6.07, 6.45) is 4.01. The first-order valence-electron chi connectivity index (χ1n) is 8.84. The van der Waals surface area contributed by atoms with Crippen molar-refractivity contribution >= 4 is 34.8 Å². The number of hydrogen-bond acceptors (Lipinski definition) is 2. The summed E-state index contributed by atoms with van der Waals surface area (Å²) in [4.78, 5) is 25.8. The van der Waals surface area contributed by atoms with E-state index in [1.54, 1.807) is 12.1 Å². The average Bonchev–Trinajstić information content (AvgIpc) is 3.07. The third-order valence-corrected chi connectivity index (χ3v) is 6.01. The lowest BCUT2D eigenvalue weighted by Gasteiger charge is -2.26. The fourth-order valence-corrected chi connectivity index (χ4v) is 4.57. The standard InChI is InChI=1S/C22H18Cl2O2/c1-2-12-3-4-13(17-8-7-16(23)11-19(17)24)10-18(12)20-21(25)14-5-6-15(9-14)22(20)26/h3-5,7-8,10-11,15,20H,2,6,9H2,1H3/t15-,20?/m1/s1. The molecule has 0 aromatic heterocycles. The minimum absolute atomic E-state index is 0.0298. The second-order valence-electron chi connectivity index (χ2n) is 6.96. The molecule has 26 heavy (non-hydrogen) atoms. The normalized spacial score (nSPS) is 21.9. The molecule has 0 saturated heterocycles. The molecule has 2 aliphatic carbocycles. The van der Waals surface area contributed by atoms with E-state index in [4.69, 9.17) is 23.2 Å². The largest absolute Gasteiger partial charge is 0.298 e. The molecule has 4 rings (SSSR count). The Kier molecular flexibility index (Phi) is 4.50. The van der Waals surface area contributed by atoms with Crippen molar-refractivity contribution in [1.82, 2.24) is 0 Å². The molecule has 132 valence electrons. The average molecular weight is 385 g/mol. The summed E-state index contributed by atoms with van der Waals surface area (Å²) in [6.45, 7) is 2.04. The predicted octanol–water partition coefficient (Wildman–Crippen LogP) is 5.79. The van der Waals surface area contributed by atoms with Gasteiger partial charge >= 0.3 is 0 Å². The molecule has 2 nitrogen and oxygen atoms in total. The third kappa shape index (κ3) is 2.82. The van der Waals surface area contributed by atoms with Crippen molar-refractivity contribution in [2.75, 3.05) is 0 Å². The molecule has 0 N–H and O–H groups in total. The van der Waals surface area contributed by atoms with Crippen molar-refractivity contribution < 1.29 is 9.59 Å². The van der Waals surface area contributed by atoms with Crippen LogP contribution in [0.25, 0.3) is 11.1 Å². The van der Waals surface area contributed by atoms with E-state index in [2.05, 4.69) is 0 Å². The minimum Gasteiger partial charge on any atom is -0.298 e. The van der Waals surface area contributed by atoms with E-state index in [1.807, 2.05) is 37.3 Å². The van der Waals surface area contributed by atoms with Gasteiger partial charge in [-0.2, -0.15) is 0 Å². The van der Waals surface area contributed by atoms with Gasteiger partial charge in [0.2, 0.25) is 0 Å². The molecule has 0 amide bonds. The van der Waals surface area contributed by atoms with Crippen LogP contribution in [0.4, 0.5) is 0 Å². The van der Waals surface area contributed by atoms with Gasteiger partial charge in [-0.15, -0.1) is 0 Å². The summed E-state index contributed by atoms with van der Waals surface area (Å²) in [7, 11) is 0. The van der Waals surface area contributed by atoms with Crippen LogP contribution in [0.3, 0.4) is 0 Å². The molecule has 2 atom stereocenters. The van der Waals surface area contributed by atoms with Gasteiger partial charge in [-0.25, -0.2) is 0 Å². The number of ketones is 2. The molecule has 2 aromatic carbocycles. The maximum Gasteiger partial charge on any atom is 0.173 e. The molecule has 1 unspecified atom stereocenters. The number of benzene rings is 2. The summed E-state index contributed by atoms with van der Waals surface area (Å²) in [6, 6.07) is 11.3. The Balaban J connectivity index is 1.84. The summed E-state index contributed by atoms with van der Waals surface area (Å²) < 4.78 is 0. The van der Waals surface area contributed by atoms with Crippen molar-refractivity contribution in [3.05, 3.63) is 69.2 Å². The van der Waals surface area contributed by atoms with Crippen LogP contribution >= 0.6 is 23.2 Å². The van der Waals surface area contributed by atoms with Crippen molar-refractivity contribution in [2.24, 2.45) is 5.92 Å². The molecular formula is C22H18Cl2O2. The maximum atomic E-state index is 12.9. The number of allylic oxidation sites excluding steroid dienone is 2. The molecule has 2 aromatic rings. The highest BCUT2D eigenvalue weighted by atomic mass is 35.5. The van der Waals surface area contributed by atoms with Gasteiger partial charge in [0.1, 0.15) is 5.92 Å². The van der Waals surface area contributed by atoms with E-state index in [9.17, 15) is 9.59 Å². The number of halogens is 2. The van der Waals surface area contributed by atoms with E-state index >= 15 is 0 Å². The Morgan fingerprint density at radius 3 is 2.62 bits per heavy atom. The molecule has 0 radical (unpaired) electrons. The molecular weight excluding hydrogens is 367 g/mol. The monoisotopic (exact) mass is 384 g/mol. The molecule has 0 aliphatic heterocycles. The van der Waals surface area contributed by atoms with Crippen LogP contribution in [0.15, 0.2) is 48.0 Å². The third-order valence-electron chi connectivity index (χ3n) is 5.46. The summed E-state index contributed by atoms with van der Waals surface area (Å²) in [5.74, 6) is -0.692. The topological polar surface area (TPSA) is 34.1 Å². The Morgan fingerprint density at radius 2 is 1.88 bits per heavy atom. The van der Waals surface area contributed by atoms with Crippen LogP contribution in [0.5, 0.6) is 0 Å². The Bertz CT molecular complexity index is 959. The first kappa shape index (κ1) is 17.5. The van der Waals surface area contributed by atoms with Crippen LogP contribution in [0.2, 0.25) is 10.0 Å². The summed E-state index contributed by atoms with van der Waals surface area (Å²) in [5.41, 5.74) is 4.41. The lowest BCUT2D eigenvalue weighted by atomic mass is 9.74. The first-order valence-corrected chi connectivity index (χ1v) is 9.60. The Hall–Kier alpha value is -1.90. The van der Waals surface area contributed by atoms with Gasteiger partial charge in [0, 0.05) is 21.5 Å². The SMILES string of the molecule is CCc1ccc(-c2ccc(Cl)cc2Cl)cc1C1C(=O)C2=CC[C@H](C2)C1=O. The number of carbonyl (C=O) groups is 2.